The van der Waals surface area contributed by atoms with Crippen LogP contribution in [0.25, 0.3) is 89.7 Å². The number of para-hydroxylation sites is 1. The molecule has 0 atom stereocenters. The summed E-state index contributed by atoms with van der Waals surface area (Å²) in [5.74, 6) is 1.66. The van der Waals surface area contributed by atoms with Crippen LogP contribution in [0.5, 0.6) is 0 Å². The summed E-state index contributed by atoms with van der Waals surface area (Å²) in [5.41, 5.74) is 13.3. The van der Waals surface area contributed by atoms with Crippen molar-refractivity contribution in [2.75, 3.05) is 4.90 Å². The third-order valence-corrected chi connectivity index (χ3v) is 11.1. The van der Waals surface area contributed by atoms with E-state index in [0.717, 1.165) is 72.5 Å². The molecular formula is C56H37N5O. The Labute approximate surface area is 359 Å². The summed E-state index contributed by atoms with van der Waals surface area (Å²) in [6.07, 6.45) is 0. The van der Waals surface area contributed by atoms with Crippen LogP contribution < -0.4 is 4.90 Å². The van der Waals surface area contributed by atoms with Gasteiger partial charge in [-0.3, -0.25) is 0 Å². The lowest BCUT2D eigenvalue weighted by Crippen LogP contribution is -2.10. The summed E-state index contributed by atoms with van der Waals surface area (Å²) in [7, 11) is 0. The Hall–Kier alpha value is -8.48. The molecule has 0 unspecified atom stereocenters. The molecule has 62 heavy (non-hydrogen) atoms. The van der Waals surface area contributed by atoms with Crippen LogP contribution in [-0.2, 0) is 0 Å². The van der Waals surface area contributed by atoms with Gasteiger partial charge in [-0.1, -0.05) is 170 Å². The molecule has 0 amide bonds. The van der Waals surface area contributed by atoms with Crippen molar-refractivity contribution in [1.82, 2.24) is 19.9 Å². The van der Waals surface area contributed by atoms with E-state index < -0.39 is 0 Å². The molecule has 11 rings (SSSR count). The van der Waals surface area contributed by atoms with Crippen LogP contribution >= 0.6 is 0 Å². The van der Waals surface area contributed by atoms with Crippen LogP contribution in [0.1, 0.15) is 0 Å². The van der Waals surface area contributed by atoms with E-state index in [1.807, 2.05) is 103 Å². The summed E-state index contributed by atoms with van der Waals surface area (Å²) in [5, 5.41) is 2.04. The Kier molecular flexibility index (Phi) is 9.41. The lowest BCUT2D eigenvalue weighted by atomic mass is 10.0. The lowest BCUT2D eigenvalue weighted by molar-refractivity contribution is 0.669. The monoisotopic (exact) mass is 795 g/mol. The fraction of sp³-hybridized carbons (Fsp3) is 0. The van der Waals surface area contributed by atoms with Gasteiger partial charge in [-0.2, -0.15) is 0 Å². The standard InChI is InChI=1S/C56H37N5O/c1-5-16-38(17-6-1)40-28-32-45(33-29-40)61(46-34-30-41(31-35-46)39-18-7-2-8-19-39)50-36-44(37-52-53(50)47-24-13-14-27-51(47)62-52)48-25-15-26-49(57-48)56-59-54(42-20-9-3-10-21-42)58-55(60-56)43-22-11-4-12-23-43/h1-37H. The summed E-state index contributed by atoms with van der Waals surface area (Å²) in [6, 6.07) is 77.1. The van der Waals surface area contributed by atoms with Gasteiger partial charge in [-0.25, -0.2) is 19.9 Å². The quantitative estimate of drug-likeness (QED) is 0.145. The average Bonchev–Trinajstić information content (AvgIpc) is 3.74. The molecule has 0 N–H and O–H groups in total. The smallest absolute Gasteiger partial charge is 0.182 e. The van der Waals surface area contributed by atoms with E-state index in [2.05, 4.69) is 126 Å². The van der Waals surface area contributed by atoms with E-state index in [9.17, 15) is 0 Å². The Balaban J connectivity index is 1.09. The van der Waals surface area contributed by atoms with Crippen LogP contribution in [0.2, 0.25) is 0 Å². The van der Waals surface area contributed by atoms with E-state index >= 15 is 0 Å². The van der Waals surface area contributed by atoms with Gasteiger partial charge in [0.1, 0.15) is 16.9 Å². The van der Waals surface area contributed by atoms with Gasteiger partial charge in [-0.05, 0) is 76.9 Å². The second kappa shape index (κ2) is 15.9. The van der Waals surface area contributed by atoms with Crippen molar-refractivity contribution in [3.63, 3.8) is 0 Å². The Morgan fingerprint density at radius 2 is 0.758 bits per heavy atom. The predicted octanol–water partition coefficient (Wildman–Crippen LogP) is 14.6. The van der Waals surface area contributed by atoms with Crippen LogP contribution in [0.3, 0.4) is 0 Å². The topological polar surface area (TPSA) is 67.9 Å². The minimum absolute atomic E-state index is 0.489. The highest BCUT2D eigenvalue weighted by atomic mass is 16.3. The number of nitrogens with zero attached hydrogens (tertiary/aromatic N) is 5. The summed E-state index contributed by atoms with van der Waals surface area (Å²) < 4.78 is 6.69. The molecule has 0 spiro atoms. The number of anilines is 3. The largest absolute Gasteiger partial charge is 0.456 e. The molecule has 292 valence electrons. The Morgan fingerprint density at radius 1 is 0.306 bits per heavy atom. The van der Waals surface area contributed by atoms with Gasteiger partial charge in [0.05, 0.1) is 16.8 Å². The number of benzene rings is 8. The molecule has 0 aliphatic heterocycles. The van der Waals surface area contributed by atoms with Gasteiger partial charge in [0, 0.05) is 33.5 Å². The molecule has 11 aromatic rings. The molecular weight excluding hydrogens is 759 g/mol. The molecule has 0 radical (unpaired) electrons. The molecule has 0 saturated carbocycles. The molecule has 3 aromatic heterocycles. The fourth-order valence-corrected chi connectivity index (χ4v) is 8.09. The summed E-state index contributed by atoms with van der Waals surface area (Å²) >= 11 is 0. The van der Waals surface area contributed by atoms with Gasteiger partial charge in [-0.15, -0.1) is 0 Å². The molecule has 0 fully saturated rings. The highest BCUT2D eigenvalue weighted by Crippen LogP contribution is 2.46. The highest BCUT2D eigenvalue weighted by Gasteiger charge is 2.22. The number of aromatic nitrogens is 4. The van der Waals surface area contributed by atoms with Crippen LogP contribution in [0.15, 0.2) is 229 Å². The minimum atomic E-state index is 0.489. The average molecular weight is 796 g/mol. The molecule has 0 aliphatic carbocycles. The lowest BCUT2D eigenvalue weighted by Gasteiger charge is -2.27. The summed E-state index contributed by atoms with van der Waals surface area (Å²) in [4.78, 5) is 22.5. The molecule has 0 saturated heterocycles. The molecule has 6 nitrogen and oxygen atoms in total. The van der Waals surface area contributed by atoms with Crippen molar-refractivity contribution < 1.29 is 4.42 Å². The molecule has 8 aromatic carbocycles. The zero-order valence-electron chi connectivity index (χ0n) is 33.5. The second-order valence-electron chi connectivity index (χ2n) is 15.1. The normalized spacial score (nSPS) is 11.2. The number of fused-ring (bicyclic) bond motifs is 3. The van der Waals surface area contributed by atoms with Gasteiger partial charge in [0.25, 0.3) is 0 Å². The first kappa shape index (κ1) is 36.6. The van der Waals surface area contributed by atoms with E-state index in [-0.39, 0.29) is 0 Å². The van der Waals surface area contributed by atoms with Gasteiger partial charge < -0.3 is 9.32 Å². The Bertz CT molecular complexity index is 3180. The van der Waals surface area contributed by atoms with Crippen LogP contribution in [-0.4, -0.2) is 19.9 Å². The van der Waals surface area contributed by atoms with E-state index in [1.165, 1.54) is 11.1 Å². The van der Waals surface area contributed by atoms with Crippen LogP contribution in [0, 0.1) is 0 Å². The first-order chi connectivity index (χ1) is 30.7. The van der Waals surface area contributed by atoms with E-state index in [0.29, 0.717) is 23.2 Å². The van der Waals surface area contributed by atoms with Gasteiger partial charge in [0.15, 0.2) is 17.5 Å². The first-order valence-corrected chi connectivity index (χ1v) is 20.6. The zero-order chi connectivity index (χ0) is 41.2. The Morgan fingerprint density at radius 3 is 1.31 bits per heavy atom. The van der Waals surface area contributed by atoms with Crippen molar-refractivity contribution in [2.24, 2.45) is 0 Å². The SMILES string of the molecule is c1ccc(-c2ccc(N(c3ccc(-c4ccccc4)cc3)c3cc(-c4cccc(-c5nc(-c6ccccc6)nc(-c6ccccc6)n5)n4)cc4oc5ccccc5c34)cc2)cc1. The maximum atomic E-state index is 6.69. The van der Waals surface area contributed by atoms with E-state index in [1.54, 1.807) is 0 Å². The molecule has 0 bridgehead atoms. The maximum Gasteiger partial charge on any atom is 0.182 e. The minimum Gasteiger partial charge on any atom is -0.456 e. The number of pyridine rings is 1. The highest BCUT2D eigenvalue weighted by molar-refractivity contribution is 6.14. The number of hydrogen-bond acceptors (Lipinski definition) is 6. The van der Waals surface area contributed by atoms with Crippen molar-refractivity contribution in [3.8, 4) is 67.8 Å². The number of furan rings is 1. The van der Waals surface area contributed by atoms with Gasteiger partial charge >= 0.3 is 0 Å². The van der Waals surface area contributed by atoms with Crippen molar-refractivity contribution >= 4 is 39.0 Å². The second-order valence-corrected chi connectivity index (χ2v) is 15.1. The first-order valence-electron chi connectivity index (χ1n) is 20.6. The van der Waals surface area contributed by atoms with Crippen molar-refractivity contribution in [2.45, 2.75) is 0 Å². The van der Waals surface area contributed by atoms with Crippen molar-refractivity contribution in [1.29, 1.82) is 0 Å². The fourth-order valence-electron chi connectivity index (χ4n) is 8.09. The zero-order valence-corrected chi connectivity index (χ0v) is 33.5. The number of rotatable bonds is 9. The maximum absolute atomic E-state index is 6.69. The summed E-state index contributed by atoms with van der Waals surface area (Å²) in [6.45, 7) is 0. The van der Waals surface area contributed by atoms with E-state index in [4.69, 9.17) is 24.4 Å². The molecule has 3 heterocycles. The molecule has 0 aliphatic rings. The number of hydrogen-bond donors (Lipinski definition) is 0. The van der Waals surface area contributed by atoms with Crippen molar-refractivity contribution in [3.05, 3.63) is 224 Å². The third-order valence-electron chi connectivity index (χ3n) is 11.1. The van der Waals surface area contributed by atoms with Crippen LogP contribution in [0.4, 0.5) is 17.1 Å². The van der Waals surface area contributed by atoms with Gasteiger partial charge in [0.2, 0.25) is 0 Å². The molecule has 6 heteroatoms. The predicted molar refractivity (Wildman–Crippen MR) is 252 cm³/mol. The third kappa shape index (κ3) is 7.06.